The second-order valence-electron chi connectivity index (χ2n) is 6.63. The summed E-state index contributed by atoms with van der Waals surface area (Å²) < 4.78 is 30.3. The Labute approximate surface area is 193 Å². The predicted octanol–water partition coefficient (Wildman–Crippen LogP) is 2.90. The molecular weight excluding hydrogens is 502 g/mol. The lowest BCUT2D eigenvalue weighted by molar-refractivity contribution is 0.122. The van der Waals surface area contributed by atoms with Crippen LogP contribution in [0.4, 0.5) is 10.1 Å². The molecular formula is C21H28FIN4O3. The minimum atomic E-state index is -0.253. The van der Waals surface area contributed by atoms with Crippen molar-refractivity contribution >= 4 is 35.6 Å². The highest BCUT2D eigenvalue weighted by molar-refractivity contribution is 14.0. The average molecular weight is 530 g/mol. The molecule has 0 bridgehead atoms. The van der Waals surface area contributed by atoms with E-state index in [9.17, 15) is 4.39 Å². The van der Waals surface area contributed by atoms with Gasteiger partial charge in [0.2, 0.25) is 0 Å². The van der Waals surface area contributed by atoms with Crippen LogP contribution in [-0.4, -0.2) is 46.5 Å². The molecule has 0 aliphatic carbocycles. The molecule has 0 aromatic heterocycles. The van der Waals surface area contributed by atoms with Crippen LogP contribution in [0.3, 0.4) is 0 Å². The van der Waals surface area contributed by atoms with Gasteiger partial charge in [-0.1, -0.05) is 12.1 Å². The Morgan fingerprint density at radius 3 is 2.47 bits per heavy atom. The van der Waals surface area contributed by atoms with Crippen LogP contribution in [0.15, 0.2) is 41.4 Å². The van der Waals surface area contributed by atoms with Crippen molar-refractivity contribution in [2.75, 3.05) is 45.4 Å². The number of nitrogens with zero attached hydrogens (tertiary/aromatic N) is 2. The normalized spacial score (nSPS) is 14.1. The summed E-state index contributed by atoms with van der Waals surface area (Å²) in [6, 6.07) is 10.8. The molecule has 0 atom stereocenters. The molecule has 30 heavy (non-hydrogen) atoms. The Kier molecular flexibility index (Phi) is 9.44. The summed E-state index contributed by atoms with van der Waals surface area (Å²) in [5, 5.41) is 3.05. The zero-order chi connectivity index (χ0) is 20.6. The smallest absolute Gasteiger partial charge is 0.189 e. The van der Waals surface area contributed by atoms with Gasteiger partial charge in [0.15, 0.2) is 17.5 Å². The predicted molar refractivity (Wildman–Crippen MR) is 127 cm³/mol. The molecule has 0 saturated carbocycles. The summed E-state index contributed by atoms with van der Waals surface area (Å²) in [5.74, 6) is 1.35. The number of rotatable bonds is 7. The molecule has 2 aromatic rings. The highest BCUT2D eigenvalue weighted by Crippen LogP contribution is 2.27. The van der Waals surface area contributed by atoms with Crippen LogP contribution in [-0.2, 0) is 17.8 Å². The number of hydrogen-bond donors (Lipinski definition) is 2. The largest absolute Gasteiger partial charge is 0.493 e. The van der Waals surface area contributed by atoms with E-state index in [1.807, 2.05) is 29.2 Å². The minimum Gasteiger partial charge on any atom is -0.493 e. The summed E-state index contributed by atoms with van der Waals surface area (Å²) in [7, 11) is 3.19. The molecule has 3 N–H and O–H groups in total. The van der Waals surface area contributed by atoms with Gasteiger partial charge in [0.25, 0.3) is 0 Å². The summed E-state index contributed by atoms with van der Waals surface area (Å²) in [5.41, 5.74) is 8.28. The van der Waals surface area contributed by atoms with Crippen LogP contribution < -0.4 is 25.4 Å². The van der Waals surface area contributed by atoms with E-state index in [2.05, 4.69) is 10.3 Å². The molecule has 7 nitrogen and oxygen atoms in total. The van der Waals surface area contributed by atoms with Crippen molar-refractivity contribution in [3.05, 3.63) is 53.3 Å². The zero-order valence-electron chi connectivity index (χ0n) is 17.2. The first-order valence-corrected chi connectivity index (χ1v) is 9.46. The molecule has 3 rings (SSSR count). The number of nitrogens with two attached hydrogens (primary N) is 1. The lowest BCUT2D eigenvalue weighted by atomic mass is 10.1. The molecule has 1 aliphatic rings. The number of benzene rings is 2. The number of halogens is 2. The Morgan fingerprint density at radius 2 is 1.80 bits per heavy atom. The quantitative estimate of drug-likeness (QED) is 0.326. The Balaban J connectivity index is 0.00000320. The standard InChI is InChI=1S/C21H27FN4O3.HI/c1-27-19-6-4-16(12-20(19)28-2)14-25-21(23)24-13-15-3-5-18(17(22)11-15)26-7-9-29-10-8-26;/h3-6,11-12H,7-10,13-14H2,1-2H3,(H3,23,24,25);1H. The number of anilines is 1. The Morgan fingerprint density at radius 1 is 1.10 bits per heavy atom. The van der Waals surface area contributed by atoms with Crippen molar-refractivity contribution in [2.45, 2.75) is 13.1 Å². The lowest BCUT2D eigenvalue weighted by Gasteiger charge is -2.29. The second-order valence-corrected chi connectivity index (χ2v) is 6.63. The Hall–Kier alpha value is -2.27. The fourth-order valence-electron chi connectivity index (χ4n) is 3.13. The van der Waals surface area contributed by atoms with Crippen LogP contribution in [0, 0.1) is 5.82 Å². The molecule has 1 aliphatic heterocycles. The van der Waals surface area contributed by atoms with Gasteiger partial charge in [0.1, 0.15) is 5.82 Å². The number of guanidine groups is 1. The molecule has 164 valence electrons. The average Bonchev–Trinajstić information content (AvgIpc) is 2.76. The van der Waals surface area contributed by atoms with Crippen LogP contribution in [0.2, 0.25) is 0 Å². The lowest BCUT2D eigenvalue weighted by Crippen LogP contribution is -2.36. The van der Waals surface area contributed by atoms with E-state index in [1.54, 1.807) is 20.3 Å². The van der Waals surface area contributed by atoms with Crippen molar-refractivity contribution in [3.63, 3.8) is 0 Å². The Bertz CT molecular complexity index is 860. The van der Waals surface area contributed by atoms with Gasteiger partial charge >= 0.3 is 0 Å². The molecule has 0 radical (unpaired) electrons. The van der Waals surface area contributed by atoms with Gasteiger partial charge in [0, 0.05) is 19.6 Å². The third kappa shape index (κ3) is 6.36. The van der Waals surface area contributed by atoms with Gasteiger partial charge in [-0.3, -0.25) is 0 Å². The highest BCUT2D eigenvalue weighted by Gasteiger charge is 2.15. The molecule has 1 heterocycles. The second kappa shape index (κ2) is 11.8. The monoisotopic (exact) mass is 530 g/mol. The molecule has 1 saturated heterocycles. The molecule has 1 fully saturated rings. The van der Waals surface area contributed by atoms with Gasteiger partial charge in [-0.15, -0.1) is 24.0 Å². The molecule has 2 aromatic carbocycles. The number of morpholine rings is 1. The number of aliphatic imine (C=N–C) groups is 1. The van der Waals surface area contributed by atoms with E-state index in [0.29, 0.717) is 56.6 Å². The van der Waals surface area contributed by atoms with Gasteiger partial charge in [0.05, 0.1) is 39.7 Å². The first-order chi connectivity index (χ1) is 14.1. The van der Waals surface area contributed by atoms with E-state index in [1.165, 1.54) is 6.07 Å². The molecule has 0 spiro atoms. The molecule has 0 amide bonds. The van der Waals surface area contributed by atoms with E-state index < -0.39 is 0 Å². The summed E-state index contributed by atoms with van der Waals surface area (Å²) in [6.45, 7) is 3.41. The summed E-state index contributed by atoms with van der Waals surface area (Å²) in [6.07, 6.45) is 0. The van der Waals surface area contributed by atoms with Gasteiger partial charge < -0.3 is 30.2 Å². The third-order valence-corrected chi connectivity index (χ3v) is 4.72. The van der Waals surface area contributed by atoms with Crippen LogP contribution >= 0.6 is 24.0 Å². The summed E-state index contributed by atoms with van der Waals surface area (Å²) in [4.78, 5) is 6.29. The van der Waals surface area contributed by atoms with Crippen molar-refractivity contribution in [3.8, 4) is 11.5 Å². The fourth-order valence-corrected chi connectivity index (χ4v) is 3.13. The number of ether oxygens (including phenoxy) is 3. The molecule has 9 heteroatoms. The van der Waals surface area contributed by atoms with Crippen LogP contribution in [0.25, 0.3) is 0 Å². The van der Waals surface area contributed by atoms with Gasteiger partial charge in [-0.05, 0) is 35.4 Å². The SMILES string of the molecule is COc1ccc(CNC(N)=NCc2ccc(N3CCOCC3)c(F)c2)cc1OC.I. The topological polar surface area (TPSA) is 81.3 Å². The third-order valence-electron chi connectivity index (χ3n) is 4.72. The summed E-state index contributed by atoms with van der Waals surface area (Å²) >= 11 is 0. The van der Waals surface area contributed by atoms with Crippen molar-refractivity contribution in [2.24, 2.45) is 10.7 Å². The first kappa shape index (κ1) is 24.0. The first-order valence-electron chi connectivity index (χ1n) is 9.46. The maximum absolute atomic E-state index is 14.5. The van der Waals surface area contributed by atoms with E-state index in [0.717, 1.165) is 11.1 Å². The van der Waals surface area contributed by atoms with E-state index in [-0.39, 0.29) is 35.8 Å². The minimum absolute atomic E-state index is 0. The fraction of sp³-hybridized carbons (Fsp3) is 0.381. The zero-order valence-corrected chi connectivity index (χ0v) is 19.5. The van der Waals surface area contributed by atoms with E-state index in [4.69, 9.17) is 19.9 Å². The maximum Gasteiger partial charge on any atom is 0.189 e. The highest BCUT2D eigenvalue weighted by atomic mass is 127. The number of methoxy groups -OCH3 is 2. The van der Waals surface area contributed by atoms with Crippen molar-refractivity contribution in [1.82, 2.24) is 5.32 Å². The van der Waals surface area contributed by atoms with Crippen LogP contribution in [0.1, 0.15) is 11.1 Å². The number of hydrogen-bond acceptors (Lipinski definition) is 5. The molecule has 0 unspecified atom stereocenters. The van der Waals surface area contributed by atoms with Crippen LogP contribution in [0.5, 0.6) is 11.5 Å². The van der Waals surface area contributed by atoms with Gasteiger partial charge in [-0.2, -0.15) is 0 Å². The van der Waals surface area contributed by atoms with Gasteiger partial charge in [-0.25, -0.2) is 9.38 Å². The number of nitrogens with one attached hydrogen (secondary N) is 1. The van der Waals surface area contributed by atoms with Crippen molar-refractivity contribution < 1.29 is 18.6 Å². The maximum atomic E-state index is 14.5. The van der Waals surface area contributed by atoms with Crippen molar-refractivity contribution in [1.29, 1.82) is 0 Å². The van der Waals surface area contributed by atoms with E-state index >= 15 is 0 Å².